The number of fused-ring (bicyclic) bond motifs is 1. The Bertz CT molecular complexity index is 1270. The predicted molar refractivity (Wildman–Crippen MR) is 132 cm³/mol. The van der Waals surface area contributed by atoms with Gasteiger partial charge < -0.3 is 15.1 Å². The molecule has 4 rings (SSSR count). The summed E-state index contributed by atoms with van der Waals surface area (Å²) < 4.78 is 8.84. The normalized spacial score (nSPS) is 16.9. The van der Waals surface area contributed by atoms with Gasteiger partial charge >= 0.3 is 5.69 Å². The maximum Gasteiger partial charge on any atom is 0.330 e. The summed E-state index contributed by atoms with van der Waals surface area (Å²) in [5.41, 5.74) is 2.32. The highest BCUT2D eigenvalue weighted by Gasteiger charge is 2.26. The van der Waals surface area contributed by atoms with Crippen LogP contribution < -0.4 is 20.8 Å². The van der Waals surface area contributed by atoms with Gasteiger partial charge in [-0.1, -0.05) is 6.08 Å². The predicted octanol–water partition coefficient (Wildman–Crippen LogP) is 2.42. The van der Waals surface area contributed by atoms with Crippen molar-refractivity contribution in [3.8, 4) is 5.75 Å². The molecule has 2 heterocycles. The largest absolute Gasteiger partial charge is 0.494 e. The molecular formula is C22H28N8O4. The average Bonchev–Trinajstić information content (AvgIpc) is 3.08. The number of nitro benzene ring substituents is 1. The fraction of sp³-hybridized carbons (Fsp3) is 0.409. The van der Waals surface area contributed by atoms with Crippen molar-refractivity contribution < 1.29 is 9.66 Å². The molecule has 2 aromatic rings. The van der Waals surface area contributed by atoms with Gasteiger partial charge in [-0.05, 0) is 18.9 Å². The van der Waals surface area contributed by atoms with Crippen LogP contribution in [-0.4, -0.2) is 59.5 Å². The van der Waals surface area contributed by atoms with Gasteiger partial charge in [0.05, 0.1) is 23.4 Å². The van der Waals surface area contributed by atoms with Crippen LogP contribution in [0.2, 0.25) is 0 Å². The van der Waals surface area contributed by atoms with E-state index in [1.807, 2.05) is 12.2 Å². The Morgan fingerprint density at radius 2 is 2.06 bits per heavy atom. The van der Waals surface area contributed by atoms with Gasteiger partial charge in [-0.2, -0.15) is 0 Å². The van der Waals surface area contributed by atoms with Crippen LogP contribution in [0.4, 0.5) is 17.1 Å². The molecule has 1 aromatic heterocycles. The van der Waals surface area contributed by atoms with Gasteiger partial charge in [0, 0.05) is 58.7 Å². The van der Waals surface area contributed by atoms with Crippen molar-refractivity contribution in [1.29, 1.82) is 0 Å². The van der Waals surface area contributed by atoms with Crippen molar-refractivity contribution in [2.45, 2.75) is 25.4 Å². The molecule has 0 spiro atoms. The van der Waals surface area contributed by atoms with Crippen LogP contribution in [0.1, 0.15) is 30.4 Å². The van der Waals surface area contributed by atoms with Crippen LogP contribution in [0.5, 0.6) is 5.75 Å². The van der Waals surface area contributed by atoms with Gasteiger partial charge in [-0.25, -0.2) is 19.8 Å². The molecule has 180 valence electrons. The SMILES string of the molecule is COc1cc(N(C)N(C)C)c([N+](=O)[O-])cc1NC1=NC(n2c3c(n(C)c2=O)CCC=C3)CC=N1. The number of allylic oxidation sites excluding steroid dienone is 1. The second-order valence-corrected chi connectivity index (χ2v) is 8.26. The van der Waals surface area contributed by atoms with Gasteiger partial charge in [-0.3, -0.25) is 19.2 Å². The minimum atomic E-state index is -0.481. The Morgan fingerprint density at radius 1 is 1.29 bits per heavy atom. The van der Waals surface area contributed by atoms with E-state index in [1.165, 1.54) is 13.2 Å². The number of imidazole rings is 1. The number of aliphatic imine (C=N–C) groups is 2. The van der Waals surface area contributed by atoms with E-state index in [0.29, 0.717) is 23.5 Å². The number of benzene rings is 1. The van der Waals surface area contributed by atoms with Crippen LogP contribution in [0.15, 0.2) is 33.0 Å². The van der Waals surface area contributed by atoms with E-state index in [9.17, 15) is 14.9 Å². The lowest BCUT2D eigenvalue weighted by atomic mass is 10.1. The standard InChI is InChI=1S/C22H28N8O4/c1-26(2)28(4)17-13-19(34-5)14(12-18(17)30(32)33)24-21-23-11-10-20(25-21)29-16-9-7-6-8-15(16)27(3)22(29)31/h7,9,11-13,20H,6,8,10H2,1-5H3,(H,24,25). The van der Waals surface area contributed by atoms with E-state index in [2.05, 4.69) is 15.3 Å². The molecule has 1 aromatic carbocycles. The van der Waals surface area contributed by atoms with E-state index < -0.39 is 11.1 Å². The third-order valence-corrected chi connectivity index (χ3v) is 6.06. The van der Waals surface area contributed by atoms with Crippen molar-refractivity contribution in [3.63, 3.8) is 0 Å². The number of hydrogen-bond acceptors (Lipinski definition) is 9. The maximum absolute atomic E-state index is 13.0. The lowest BCUT2D eigenvalue weighted by Gasteiger charge is -2.27. The highest BCUT2D eigenvalue weighted by Crippen LogP contribution is 2.38. The Balaban J connectivity index is 1.72. The minimum absolute atomic E-state index is 0.102. The Morgan fingerprint density at radius 3 is 2.74 bits per heavy atom. The molecule has 12 heteroatoms. The van der Waals surface area contributed by atoms with Gasteiger partial charge in [0.2, 0.25) is 5.96 Å². The first-order valence-corrected chi connectivity index (χ1v) is 10.8. The number of nitro groups is 1. The van der Waals surface area contributed by atoms with Crippen LogP contribution in [0, 0.1) is 10.1 Å². The number of hydrogen-bond donors (Lipinski definition) is 1. The van der Waals surface area contributed by atoms with Gasteiger partial charge in [0.15, 0.2) is 0 Å². The molecule has 0 bridgehead atoms. The number of nitrogens with zero attached hydrogens (tertiary/aromatic N) is 7. The molecule has 12 nitrogen and oxygen atoms in total. The molecule has 1 N–H and O–H groups in total. The van der Waals surface area contributed by atoms with E-state index in [1.54, 1.807) is 59.6 Å². The number of anilines is 2. The third-order valence-electron chi connectivity index (χ3n) is 6.06. The van der Waals surface area contributed by atoms with Crippen molar-refractivity contribution in [2.75, 3.05) is 38.6 Å². The minimum Gasteiger partial charge on any atom is -0.494 e. The number of rotatable bonds is 6. The van der Waals surface area contributed by atoms with Crippen molar-refractivity contribution >= 4 is 35.3 Å². The third kappa shape index (κ3) is 4.07. The summed E-state index contributed by atoms with van der Waals surface area (Å²) in [5, 5.41) is 18.2. The summed E-state index contributed by atoms with van der Waals surface area (Å²) in [6.07, 6.45) is 7.37. The molecule has 1 aliphatic heterocycles. The van der Waals surface area contributed by atoms with Crippen molar-refractivity contribution in [2.24, 2.45) is 17.0 Å². The second-order valence-electron chi connectivity index (χ2n) is 8.26. The first-order chi connectivity index (χ1) is 16.2. The smallest absolute Gasteiger partial charge is 0.330 e. The monoisotopic (exact) mass is 468 g/mol. The fourth-order valence-corrected chi connectivity index (χ4v) is 4.12. The number of methoxy groups -OCH3 is 1. The first kappa shape index (κ1) is 23.2. The van der Waals surface area contributed by atoms with E-state index in [4.69, 9.17) is 4.74 Å². The molecule has 1 unspecified atom stereocenters. The van der Waals surface area contributed by atoms with Crippen molar-refractivity contribution in [1.82, 2.24) is 14.1 Å². The number of ether oxygens (including phenoxy) is 1. The molecule has 0 saturated carbocycles. The van der Waals surface area contributed by atoms with E-state index in [-0.39, 0.29) is 17.3 Å². The molecule has 1 aliphatic carbocycles. The summed E-state index contributed by atoms with van der Waals surface area (Å²) in [6, 6.07) is 2.99. The zero-order chi connectivity index (χ0) is 24.6. The molecular weight excluding hydrogens is 440 g/mol. The summed E-state index contributed by atoms with van der Waals surface area (Å²) in [7, 11) is 8.55. The number of hydrazine groups is 1. The molecule has 0 amide bonds. The van der Waals surface area contributed by atoms with Gasteiger partial charge in [-0.15, -0.1) is 0 Å². The van der Waals surface area contributed by atoms with Crippen LogP contribution in [0.3, 0.4) is 0 Å². The fourth-order valence-electron chi connectivity index (χ4n) is 4.12. The molecule has 1 atom stereocenters. The Kier molecular flexibility index (Phi) is 6.24. The highest BCUT2D eigenvalue weighted by molar-refractivity contribution is 6.01. The summed E-state index contributed by atoms with van der Waals surface area (Å²) in [6.45, 7) is 0. The van der Waals surface area contributed by atoms with Crippen LogP contribution in [-0.2, 0) is 13.5 Å². The zero-order valence-corrected chi connectivity index (χ0v) is 19.8. The number of nitrogens with one attached hydrogen (secondary N) is 1. The molecule has 0 saturated heterocycles. The molecule has 0 fully saturated rings. The van der Waals surface area contributed by atoms with Crippen molar-refractivity contribution in [3.05, 3.63) is 50.2 Å². The lowest BCUT2D eigenvalue weighted by molar-refractivity contribution is -0.384. The Hall–Kier alpha value is -3.93. The van der Waals surface area contributed by atoms with Gasteiger partial charge in [0.1, 0.15) is 17.6 Å². The van der Waals surface area contributed by atoms with Crippen LogP contribution >= 0.6 is 0 Å². The number of guanidine groups is 1. The van der Waals surface area contributed by atoms with E-state index in [0.717, 1.165) is 24.2 Å². The van der Waals surface area contributed by atoms with Crippen LogP contribution in [0.25, 0.3) is 6.08 Å². The highest BCUT2D eigenvalue weighted by atomic mass is 16.6. The Labute approximate surface area is 196 Å². The average molecular weight is 469 g/mol. The van der Waals surface area contributed by atoms with Gasteiger partial charge in [0.25, 0.3) is 5.69 Å². The first-order valence-electron chi connectivity index (χ1n) is 10.8. The number of aromatic nitrogens is 2. The topological polar surface area (TPSA) is 123 Å². The zero-order valence-electron chi connectivity index (χ0n) is 19.8. The lowest BCUT2D eigenvalue weighted by Crippen LogP contribution is -2.33. The summed E-state index contributed by atoms with van der Waals surface area (Å²) in [4.78, 5) is 33.3. The van der Waals surface area contributed by atoms with E-state index >= 15 is 0 Å². The molecule has 0 radical (unpaired) electrons. The quantitative estimate of drug-likeness (QED) is 0.510. The maximum atomic E-state index is 13.0. The molecule has 34 heavy (non-hydrogen) atoms. The molecule has 2 aliphatic rings. The second kappa shape index (κ2) is 9.14. The summed E-state index contributed by atoms with van der Waals surface area (Å²) in [5.74, 6) is 0.633. The summed E-state index contributed by atoms with van der Waals surface area (Å²) >= 11 is 0.